The Hall–Kier alpha value is -2.08. The van der Waals surface area contributed by atoms with Crippen LogP contribution in [0.4, 0.5) is 0 Å². The molecule has 0 heteroatoms. The van der Waals surface area contributed by atoms with Crippen molar-refractivity contribution in [2.45, 2.75) is 11.8 Å². The lowest BCUT2D eigenvalue weighted by Gasteiger charge is -2.14. The van der Waals surface area contributed by atoms with E-state index in [0.29, 0.717) is 5.92 Å². The summed E-state index contributed by atoms with van der Waals surface area (Å²) >= 11 is 0. The fourth-order valence-corrected chi connectivity index (χ4v) is 4.01. The van der Waals surface area contributed by atoms with Gasteiger partial charge in [-0.1, -0.05) is 66.8 Å². The summed E-state index contributed by atoms with van der Waals surface area (Å²) in [6, 6.07) is 17.8. The first-order chi connectivity index (χ1) is 9.92. The van der Waals surface area contributed by atoms with Gasteiger partial charge >= 0.3 is 0 Å². The maximum absolute atomic E-state index is 2.45. The summed E-state index contributed by atoms with van der Waals surface area (Å²) in [7, 11) is 0. The molecule has 2 atom stereocenters. The average Bonchev–Trinajstić information content (AvgIpc) is 3.26. The molecule has 1 fully saturated rings. The highest BCUT2D eigenvalue weighted by Crippen LogP contribution is 2.61. The SMILES string of the molecule is C1=CC2C3C=CC1c1cc(-c4ccccc4)ccc1C23. The Bertz CT molecular complexity index is 716. The van der Waals surface area contributed by atoms with Crippen molar-refractivity contribution in [2.75, 3.05) is 0 Å². The smallest absolute Gasteiger partial charge is 0.0202 e. The Morgan fingerprint density at radius 3 is 2.10 bits per heavy atom. The summed E-state index contributed by atoms with van der Waals surface area (Å²) in [5, 5.41) is 0. The molecule has 20 heavy (non-hydrogen) atoms. The predicted molar refractivity (Wildman–Crippen MR) is 82.6 cm³/mol. The molecular formula is C20H16. The van der Waals surface area contributed by atoms with E-state index in [4.69, 9.17) is 0 Å². The number of benzene rings is 2. The summed E-state index contributed by atoms with van der Waals surface area (Å²) in [6.07, 6.45) is 9.70. The van der Waals surface area contributed by atoms with Crippen LogP contribution < -0.4 is 0 Å². The third-order valence-corrected chi connectivity index (χ3v) is 5.13. The Morgan fingerprint density at radius 2 is 1.35 bits per heavy atom. The highest BCUT2D eigenvalue weighted by atomic mass is 14.5. The molecule has 6 rings (SSSR count). The van der Waals surface area contributed by atoms with Gasteiger partial charge < -0.3 is 0 Å². The molecule has 1 saturated carbocycles. The van der Waals surface area contributed by atoms with E-state index in [1.54, 1.807) is 5.56 Å². The Balaban J connectivity index is 1.70. The minimum absolute atomic E-state index is 0.480. The minimum atomic E-state index is 0.480. The number of rotatable bonds is 1. The maximum atomic E-state index is 2.45. The maximum Gasteiger partial charge on any atom is 0.0202 e. The van der Waals surface area contributed by atoms with Gasteiger partial charge in [0.1, 0.15) is 0 Å². The molecule has 0 saturated heterocycles. The van der Waals surface area contributed by atoms with Crippen LogP contribution >= 0.6 is 0 Å². The Kier molecular flexibility index (Phi) is 1.99. The zero-order valence-corrected chi connectivity index (χ0v) is 11.2. The van der Waals surface area contributed by atoms with Gasteiger partial charge in [-0.2, -0.15) is 0 Å². The number of hydrogen-bond acceptors (Lipinski definition) is 0. The minimum Gasteiger partial charge on any atom is -0.0833 e. The summed E-state index contributed by atoms with van der Waals surface area (Å²) < 4.78 is 0. The van der Waals surface area contributed by atoms with Crippen LogP contribution in [0.15, 0.2) is 72.8 Å². The van der Waals surface area contributed by atoms with Gasteiger partial charge in [-0.05, 0) is 46.1 Å². The molecular weight excluding hydrogens is 240 g/mol. The molecule has 0 spiro atoms. The van der Waals surface area contributed by atoms with Gasteiger partial charge in [-0.3, -0.25) is 0 Å². The molecule has 0 radical (unpaired) electrons. The monoisotopic (exact) mass is 256 g/mol. The number of hydrogen-bond donors (Lipinski definition) is 0. The van der Waals surface area contributed by atoms with Crippen LogP contribution in [0.3, 0.4) is 0 Å². The van der Waals surface area contributed by atoms with Crippen molar-refractivity contribution in [1.82, 2.24) is 0 Å². The lowest BCUT2D eigenvalue weighted by molar-refractivity contribution is 1.00. The van der Waals surface area contributed by atoms with E-state index in [9.17, 15) is 0 Å². The highest BCUT2D eigenvalue weighted by Gasteiger charge is 2.51. The van der Waals surface area contributed by atoms with Crippen LogP contribution in [0.2, 0.25) is 0 Å². The van der Waals surface area contributed by atoms with Crippen molar-refractivity contribution in [2.24, 2.45) is 11.8 Å². The van der Waals surface area contributed by atoms with Crippen molar-refractivity contribution in [3.05, 3.63) is 84.0 Å². The molecule has 4 aliphatic carbocycles. The first kappa shape index (κ1) is 10.7. The Labute approximate surface area is 119 Å². The molecule has 2 aromatic carbocycles. The van der Waals surface area contributed by atoms with E-state index >= 15 is 0 Å². The van der Waals surface area contributed by atoms with Crippen molar-refractivity contribution in [3.8, 4) is 11.1 Å². The fraction of sp³-hybridized carbons (Fsp3) is 0.200. The second kappa shape index (κ2) is 3.73. The van der Waals surface area contributed by atoms with Crippen LogP contribution in [0, 0.1) is 11.8 Å². The van der Waals surface area contributed by atoms with E-state index < -0.39 is 0 Å². The van der Waals surface area contributed by atoms with Crippen molar-refractivity contribution < 1.29 is 0 Å². The number of allylic oxidation sites excluding steroid dienone is 4. The molecule has 0 aliphatic heterocycles. The molecule has 0 nitrogen and oxygen atoms in total. The molecule has 0 aromatic heterocycles. The fourth-order valence-electron chi connectivity index (χ4n) is 4.01. The largest absolute Gasteiger partial charge is 0.0833 e. The lowest BCUT2D eigenvalue weighted by Crippen LogP contribution is -1.96. The third-order valence-electron chi connectivity index (χ3n) is 5.13. The van der Waals surface area contributed by atoms with Crippen LogP contribution in [0.5, 0.6) is 0 Å². The Morgan fingerprint density at radius 1 is 0.600 bits per heavy atom. The molecule has 0 amide bonds. The van der Waals surface area contributed by atoms with Crippen molar-refractivity contribution in [3.63, 3.8) is 0 Å². The topological polar surface area (TPSA) is 0 Å². The second-order valence-electron chi connectivity index (χ2n) is 6.19. The summed E-state index contributed by atoms with van der Waals surface area (Å²) in [5.74, 6) is 2.75. The summed E-state index contributed by atoms with van der Waals surface area (Å²) in [6.45, 7) is 0. The molecule has 2 unspecified atom stereocenters. The molecule has 96 valence electrons. The van der Waals surface area contributed by atoms with Gasteiger partial charge in [0, 0.05) is 5.92 Å². The zero-order chi connectivity index (χ0) is 13.1. The van der Waals surface area contributed by atoms with Crippen LogP contribution in [0.1, 0.15) is 23.0 Å². The van der Waals surface area contributed by atoms with E-state index in [1.807, 2.05) is 0 Å². The second-order valence-corrected chi connectivity index (χ2v) is 6.19. The van der Waals surface area contributed by atoms with Gasteiger partial charge in [-0.15, -0.1) is 0 Å². The molecule has 4 aliphatic rings. The van der Waals surface area contributed by atoms with Gasteiger partial charge in [-0.25, -0.2) is 0 Å². The van der Waals surface area contributed by atoms with Crippen molar-refractivity contribution >= 4 is 0 Å². The van der Waals surface area contributed by atoms with Crippen LogP contribution in [-0.4, -0.2) is 0 Å². The predicted octanol–water partition coefficient (Wildman–Crippen LogP) is 4.91. The highest BCUT2D eigenvalue weighted by molar-refractivity contribution is 5.67. The van der Waals surface area contributed by atoms with E-state index in [0.717, 1.165) is 17.8 Å². The first-order valence-corrected chi connectivity index (χ1v) is 7.48. The normalized spacial score (nSPS) is 31.6. The molecule has 4 bridgehead atoms. The molecule has 2 aromatic rings. The van der Waals surface area contributed by atoms with Gasteiger partial charge in [0.15, 0.2) is 0 Å². The zero-order valence-electron chi connectivity index (χ0n) is 11.2. The van der Waals surface area contributed by atoms with Gasteiger partial charge in [0.25, 0.3) is 0 Å². The standard InChI is InChI=1S/C20H16/c1-2-4-13(5-3-1)15-8-11-18-19(12-15)14-6-9-16-17(10-7-14)20(16)18/h1-12,14,16-17,20H. The third kappa shape index (κ3) is 1.37. The van der Waals surface area contributed by atoms with Crippen LogP contribution in [0.25, 0.3) is 11.1 Å². The van der Waals surface area contributed by atoms with E-state index in [-0.39, 0.29) is 0 Å². The lowest BCUT2D eigenvalue weighted by atomic mass is 9.90. The molecule has 0 N–H and O–H groups in total. The summed E-state index contributed by atoms with van der Waals surface area (Å²) in [5.41, 5.74) is 5.76. The van der Waals surface area contributed by atoms with Gasteiger partial charge in [0.2, 0.25) is 0 Å². The summed E-state index contributed by atoms with van der Waals surface area (Å²) in [4.78, 5) is 0. The first-order valence-electron chi connectivity index (χ1n) is 7.48. The van der Waals surface area contributed by atoms with Crippen LogP contribution in [-0.2, 0) is 0 Å². The molecule has 0 heterocycles. The van der Waals surface area contributed by atoms with Crippen molar-refractivity contribution in [1.29, 1.82) is 0 Å². The quantitative estimate of drug-likeness (QED) is 0.636. The van der Waals surface area contributed by atoms with Gasteiger partial charge in [0.05, 0.1) is 0 Å². The van der Waals surface area contributed by atoms with E-state index in [2.05, 4.69) is 72.8 Å². The average molecular weight is 256 g/mol. The van der Waals surface area contributed by atoms with E-state index in [1.165, 1.54) is 16.7 Å².